The molecule has 25 heavy (non-hydrogen) atoms. The van der Waals surface area contributed by atoms with E-state index in [2.05, 4.69) is 13.8 Å². The molecular weight excluding hydrogens is 340 g/mol. The minimum Gasteiger partial charge on any atom is -0.493 e. The molecular formula is C19H31ClN2O3. The lowest BCUT2D eigenvalue weighted by molar-refractivity contribution is 0.0680. The second-order valence-corrected chi connectivity index (χ2v) is 7.06. The lowest BCUT2D eigenvalue weighted by Gasteiger charge is -2.33. The molecule has 1 aliphatic rings. The fraction of sp³-hybridized carbons (Fsp3) is 0.632. The maximum absolute atomic E-state index is 12.7. The van der Waals surface area contributed by atoms with Gasteiger partial charge in [-0.25, -0.2) is 0 Å². The van der Waals surface area contributed by atoms with Gasteiger partial charge in [-0.1, -0.05) is 13.8 Å². The third-order valence-corrected chi connectivity index (χ3v) is 4.55. The normalized spacial score (nSPS) is 16.3. The predicted molar refractivity (Wildman–Crippen MR) is 103 cm³/mol. The minimum atomic E-state index is 0. The SMILES string of the molecule is COc1cc(C(=O)N2CCC(C(C)N)CC2)ccc1OCC(C)C.Cl. The molecule has 142 valence electrons. The first-order valence-electron chi connectivity index (χ1n) is 8.78. The smallest absolute Gasteiger partial charge is 0.253 e. The Kier molecular flexibility index (Phi) is 8.53. The molecule has 1 heterocycles. The third kappa shape index (κ3) is 5.79. The average molecular weight is 371 g/mol. The van der Waals surface area contributed by atoms with E-state index in [4.69, 9.17) is 15.2 Å². The van der Waals surface area contributed by atoms with Gasteiger partial charge in [0.25, 0.3) is 5.91 Å². The van der Waals surface area contributed by atoms with Crippen LogP contribution in [-0.4, -0.2) is 43.7 Å². The van der Waals surface area contributed by atoms with Crippen LogP contribution in [0.4, 0.5) is 0 Å². The highest BCUT2D eigenvalue weighted by Gasteiger charge is 2.26. The number of likely N-dealkylation sites (tertiary alicyclic amines) is 1. The van der Waals surface area contributed by atoms with E-state index in [1.165, 1.54) is 0 Å². The van der Waals surface area contributed by atoms with Gasteiger partial charge >= 0.3 is 0 Å². The second kappa shape index (κ2) is 9.88. The van der Waals surface area contributed by atoms with Gasteiger partial charge in [0.1, 0.15) is 0 Å². The summed E-state index contributed by atoms with van der Waals surface area (Å²) in [4.78, 5) is 14.6. The zero-order valence-corrected chi connectivity index (χ0v) is 16.5. The summed E-state index contributed by atoms with van der Waals surface area (Å²) in [6.07, 6.45) is 1.94. The number of methoxy groups -OCH3 is 1. The Hall–Kier alpha value is -1.46. The first-order chi connectivity index (χ1) is 11.4. The molecule has 0 spiro atoms. The monoisotopic (exact) mass is 370 g/mol. The van der Waals surface area contributed by atoms with Crippen molar-refractivity contribution >= 4 is 18.3 Å². The van der Waals surface area contributed by atoms with E-state index < -0.39 is 0 Å². The van der Waals surface area contributed by atoms with Crippen molar-refractivity contribution in [1.82, 2.24) is 4.90 Å². The lowest BCUT2D eigenvalue weighted by atomic mass is 9.90. The van der Waals surface area contributed by atoms with Crippen molar-refractivity contribution in [3.8, 4) is 11.5 Å². The van der Waals surface area contributed by atoms with Crippen LogP contribution in [0.1, 0.15) is 44.0 Å². The Bertz CT molecular complexity index is 556. The summed E-state index contributed by atoms with van der Waals surface area (Å²) >= 11 is 0. The van der Waals surface area contributed by atoms with Crippen LogP contribution < -0.4 is 15.2 Å². The van der Waals surface area contributed by atoms with Crippen LogP contribution in [0.5, 0.6) is 11.5 Å². The Morgan fingerprint density at radius 3 is 2.40 bits per heavy atom. The number of nitrogens with two attached hydrogens (primary N) is 1. The summed E-state index contributed by atoms with van der Waals surface area (Å²) in [5, 5.41) is 0. The molecule has 2 rings (SSSR count). The first-order valence-corrected chi connectivity index (χ1v) is 8.78. The summed E-state index contributed by atoms with van der Waals surface area (Å²) in [6, 6.07) is 5.61. The largest absolute Gasteiger partial charge is 0.493 e. The number of hydrogen-bond acceptors (Lipinski definition) is 4. The number of piperidine rings is 1. The molecule has 1 amide bonds. The Balaban J connectivity index is 0.00000312. The first kappa shape index (κ1) is 21.6. The number of carbonyl (C=O) groups excluding carboxylic acids is 1. The van der Waals surface area contributed by atoms with Crippen molar-refractivity contribution in [2.45, 2.75) is 39.7 Å². The summed E-state index contributed by atoms with van der Waals surface area (Å²) in [6.45, 7) is 8.38. The number of rotatable bonds is 6. The highest BCUT2D eigenvalue weighted by atomic mass is 35.5. The van der Waals surface area contributed by atoms with Gasteiger partial charge in [0, 0.05) is 24.7 Å². The molecule has 0 aliphatic carbocycles. The van der Waals surface area contributed by atoms with E-state index in [1.807, 2.05) is 24.0 Å². The maximum Gasteiger partial charge on any atom is 0.253 e. The van der Waals surface area contributed by atoms with Gasteiger partial charge in [-0.2, -0.15) is 0 Å². The standard InChI is InChI=1S/C19H30N2O3.ClH/c1-13(2)12-24-17-6-5-16(11-18(17)23-4)19(22)21-9-7-15(8-10-21)14(3)20;/h5-6,11,13-15H,7-10,12,20H2,1-4H3;1H. The summed E-state index contributed by atoms with van der Waals surface area (Å²) < 4.78 is 11.1. The van der Waals surface area contributed by atoms with Crippen LogP contribution in [0, 0.1) is 11.8 Å². The number of halogens is 1. The topological polar surface area (TPSA) is 64.8 Å². The van der Waals surface area contributed by atoms with Gasteiger partial charge in [0.15, 0.2) is 11.5 Å². The molecule has 5 nitrogen and oxygen atoms in total. The van der Waals surface area contributed by atoms with Crippen molar-refractivity contribution in [1.29, 1.82) is 0 Å². The van der Waals surface area contributed by atoms with Crippen molar-refractivity contribution < 1.29 is 14.3 Å². The second-order valence-electron chi connectivity index (χ2n) is 7.06. The van der Waals surface area contributed by atoms with E-state index in [0.717, 1.165) is 25.9 Å². The number of hydrogen-bond donors (Lipinski definition) is 1. The predicted octanol–water partition coefficient (Wildman–Crippen LogP) is 3.35. The van der Waals surface area contributed by atoms with Gasteiger partial charge in [-0.15, -0.1) is 12.4 Å². The Labute approximate surface area is 157 Å². The highest BCUT2D eigenvalue weighted by molar-refractivity contribution is 5.95. The molecule has 0 aromatic heterocycles. The molecule has 1 aromatic rings. The molecule has 6 heteroatoms. The number of nitrogens with zero attached hydrogens (tertiary/aromatic N) is 1. The fourth-order valence-electron chi connectivity index (χ4n) is 2.99. The van der Waals surface area contributed by atoms with E-state index >= 15 is 0 Å². The molecule has 1 aromatic carbocycles. The van der Waals surface area contributed by atoms with Gasteiger partial charge in [-0.05, 0) is 49.8 Å². The van der Waals surface area contributed by atoms with Crippen molar-refractivity contribution in [2.24, 2.45) is 17.6 Å². The lowest BCUT2D eigenvalue weighted by Crippen LogP contribution is -2.42. The minimum absolute atomic E-state index is 0. The molecule has 0 saturated carbocycles. The van der Waals surface area contributed by atoms with Crippen LogP contribution in [0.3, 0.4) is 0 Å². The van der Waals surface area contributed by atoms with Crippen molar-refractivity contribution in [2.75, 3.05) is 26.8 Å². The molecule has 1 atom stereocenters. The quantitative estimate of drug-likeness (QED) is 0.833. The number of benzene rings is 1. The molecule has 1 aliphatic heterocycles. The molecule has 1 saturated heterocycles. The van der Waals surface area contributed by atoms with Crippen LogP contribution >= 0.6 is 12.4 Å². The Morgan fingerprint density at radius 2 is 1.88 bits per heavy atom. The van der Waals surface area contributed by atoms with Crippen molar-refractivity contribution in [3.05, 3.63) is 23.8 Å². The van der Waals surface area contributed by atoms with Crippen LogP contribution in [0.2, 0.25) is 0 Å². The number of ether oxygens (including phenoxy) is 2. The summed E-state index contributed by atoms with van der Waals surface area (Å²) in [5.74, 6) is 2.27. The van der Waals surface area contributed by atoms with Gasteiger partial charge < -0.3 is 20.1 Å². The fourth-order valence-corrected chi connectivity index (χ4v) is 2.99. The van der Waals surface area contributed by atoms with Crippen LogP contribution in [-0.2, 0) is 0 Å². The number of amides is 1. The maximum atomic E-state index is 12.7. The number of carbonyl (C=O) groups is 1. The van der Waals surface area contributed by atoms with Crippen LogP contribution in [0.25, 0.3) is 0 Å². The van der Waals surface area contributed by atoms with E-state index in [1.54, 1.807) is 13.2 Å². The van der Waals surface area contributed by atoms with E-state index in [0.29, 0.717) is 35.5 Å². The van der Waals surface area contributed by atoms with Gasteiger partial charge in [-0.3, -0.25) is 4.79 Å². The summed E-state index contributed by atoms with van der Waals surface area (Å²) in [7, 11) is 1.60. The molecule has 2 N–H and O–H groups in total. The molecule has 0 bridgehead atoms. The van der Waals surface area contributed by atoms with Gasteiger partial charge in [0.2, 0.25) is 0 Å². The van der Waals surface area contributed by atoms with Gasteiger partial charge in [0.05, 0.1) is 13.7 Å². The molecule has 1 unspecified atom stereocenters. The van der Waals surface area contributed by atoms with Crippen LogP contribution in [0.15, 0.2) is 18.2 Å². The van der Waals surface area contributed by atoms with E-state index in [9.17, 15) is 4.79 Å². The van der Waals surface area contributed by atoms with Crippen molar-refractivity contribution in [3.63, 3.8) is 0 Å². The Morgan fingerprint density at radius 1 is 1.24 bits per heavy atom. The highest BCUT2D eigenvalue weighted by Crippen LogP contribution is 2.30. The summed E-state index contributed by atoms with van der Waals surface area (Å²) in [5.41, 5.74) is 6.61. The third-order valence-electron chi connectivity index (χ3n) is 4.55. The zero-order valence-electron chi connectivity index (χ0n) is 15.7. The average Bonchev–Trinajstić information content (AvgIpc) is 2.59. The molecule has 0 radical (unpaired) electrons. The zero-order chi connectivity index (χ0) is 17.7. The van der Waals surface area contributed by atoms with E-state index in [-0.39, 0.29) is 24.4 Å². The molecule has 1 fully saturated rings.